The van der Waals surface area contributed by atoms with Crippen molar-refractivity contribution < 1.29 is 18.7 Å². The highest BCUT2D eigenvalue weighted by Crippen LogP contribution is 2.31. The van der Waals surface area contributed by atoms with Gasteiger partial charge in [0.2, 0.25) is 0 Å². The Labute approximate surface area is 117 Å². The van der Waals surface area contributed by atoms with Gasteiger partial charge in [-0.3, -0.25) is 0 Å². The molecule has 106 valence electrons. The number of carbonyl (C=O) groups excluding carboxylic acids is 1. The van der Waals surface area contributed by atoms with Gasteiger partial charge in [-0.25, -0.2) is 9.18 Å². The number of benzene rings is 2. The normalized spacial score (nSPS) is 11.4. The summed E-state index contributed by atoms with van der Waals surface area (Å²) in [7, 11) is 1.31. The van der Waals surface area contributed by atoms with Crippen molar-refractivity contribution in [1.29, 1.82) is 0 Å². The number of halogens is 1. The Morgan fingerprint density at radius 1 is 1.15 bits per heavy atom. The summed E-state index contributed by atoms with van der Waals surface area (Å²) in [6.07, 6.45) is 0. The summed E-state index contributed by atoms with van der Waals surface area (Å²) in [4.78, 5) is 11.7. The predicted molar refractivity (Wildman–Crippen MR) is 75.6 cm³/mol. The smallest absolute Gasteiger partial charge is 0.338 e. The van der Waals surface area contributed by atoms with Crippen LogP contribution in [0.1, 0.15) is 31.1 Å². The first-order chi connectivity index (χ1) is 9.30. The minimum atomic E-state index is -0.477. The van der Waals surface area contributed by atoms with E-state index >= 15 is 0 Å². The lowest BCUT2D eigenvalue weighted by Crippen LogP contribution is -2.23. The quantitative estimate of drug-likeness (QED) is 0.779. The highest BCUT2D eigenvalue weighted by atomic mass is 19.1. The van der Waals surface area contributed by atoms with Crippen LogP contribution in [0.5, 0.6) is 5.75 Å². The van der Waals surface area contributed by atoms with Crippen molar-refractivity contribution in [3.05, 3.63) is 41.7 Å². The molecular formula is C16H17FO3. The van der Waals surface area contributed by atoms with Gasteiger partial charge in [0, 0.05) is 5.39 Å². The zero-order valence-electron chi connectivity index (χ0n) is 12.0. The van der Waals surface area contributed by atoms with Crippen LogP contribution in [-0.4, -0.2) is 18.7 Å². The number of hydrogen-bond acceptors (Lipinski definition) is 3. The summed E-state index contributed by atoms with van der Waals surface area (Å²) < 4.78 is 23.9. The van der Waals surface area contributed by atoms with Crippen molar-refractivity contribution in [3.8, 4) is 5.75 Å². The average molecular weight is 276 g/mol. The topological polar surface area (TPSA) is 35.5 Å². The van der Waals surface area contributed by atoms with Gasteiger partial charge in [0.25, 0.3) is 0 Å². The molecule has 0 bridgehead atoms. The molecule has 2 aromatic carbocycles. The van der Waals surface area contributed by atoms with Crippen LogP contribution in [0.2, 0.25) is 0 Å². The second kappa shape index (κ2) is 5.12. The summed E-state index contributed by atoms with van der Waals surface area (Å²) in [5.41, 5.74) is -0.0828. The van der Waals surface area contributed by atoms with Gasteiger partial charge >= 0.3 is 5.97 Å². The molecule has 20 heavy (non-hydrogen) atoms. The molecule has 2 rings (SSSR count). The average Bonchev–Trinajstić information content (AvgIpc) is 2.35. The largest absolute Gasteiger partial charge is 0.487 e. The molecule has 0 saturated heterocycles. The maximum absolute atomic E-state index is 13.4. The van der Waals surface area contributed by atoms with Crippen LogP contribution in [0, 0.1) is 5.82 Å². The number of rotatable bonds is 2. The maximum atomic E-state index is 13.4. The van der Waals surface area contributed by atoms with E-state index in [-0.39, 0.29) is 5.82 Å². The fourth-order valence-corrected chi connectivity index (χ4v) is 1.96. The zero-order valence-corrected chi connectivity index (χ0v) is 12.0. The fourth-order valence-electron chi connectivity index (χ4n) is 1.96. The molecule has 0 atom stereocenters. The monoisotopic (exact) mass is 276 g/mol. The molecule has 0 radical (unpaired) electrons. The maximum Gasteiger partial charge on any atom is 0.338 e. The minimum absolute atomic E-state index is 0.338. The molecular weight excluding hydrogens is 259 g/mol. The van der Waals surface area contributed by atoms with Crippen molar-refractivity contribution >= 4 is 16.7 Å². The van der Waals surface area contributed by atoms with Gasteiger partial charge in [-0.15, -0.1) is 0 Å². The molecule has 0 aliphatic carbocycles. The van der Waals surface area contributed by atoms with E-state index in [0.717, 1.165) is 5.39 Å². The molecule has 0 aliphatic rings. The van der Waals surface area contributed by atoms with Gasteiger partial charge in [-0.2, -0.15) is 0 Å². The molecule has 0 unspecified atom stereocenters. The van der Waals surface area contributed by atoms with Crippen LogP contribution in [0.3, 0.4) is 0 Å². The van der Waals surface area contributed by atoms with Crippen molar-refractivity contribution in [3.63, 3.8) is 0 Å². The van der Waals surface area contributed by atoms with Crippen LogP contribution in [-0.2, 0) is 4.74 Å². The zero-order chi connectivity index (χ0) is 14.9. The van der Waals surface area contributed by atoms with E-state index < -0.39 is 11.6 Å². The first-order valence-corrected chi connectivity index (χ1v) is 6.31. The van der Waals surface area contributed by atoms with E-state index in [2.05, 4.69) is 0 Å². The number of fused-ring (bicyclic) bond motifs is 1. The van der Waals surface area contributed by atoms with Crippen LogP contribution in [0.15, 0.2) is 30.3 Å². The number of hydrogen-bond donors (Lipinski definition) is 0. The molecule has 0 saturated carbocycles. The lowest BCUT2D eigenvalue weighted by molar-refractivity contribution is 0.0599. The third-order valence-corrected chi connectivity index (χ3v) is 2.71. The summed E-state index contributed by atoms with van der Waals surface area (Å²) in [6, 6.07) is 7.61. The summed E-state index contributed by atoms with van der Waals surface area (Å²) in [5.74, 6) is -0.299. The highest BCUT2D eigenvalue weighted by Gasteiger charge is 2.17. The Morgan fingerprint density at radius 2 is 1.85 bits per heavy atom. The minimum Gasteiger partial charge on any atom is -0.487 e. The molecule has 0 spiro atoms. The highest BCUT2D eigenvalue weighted by molar-refractivity contribution is 5.98. The molecule has 0 aromatic heterocycles. The van der Waals surface area contributed by atoms with E-state index in [1.807, 2.05) is 20.8 Å². The molecule has 2 aromatic rings. The third-order valence-electron chi connectivity index (χ3n) is 2.71. The van der Waals surface area contributed by atoms with Gasteiger partial charge < -0.3 is 9.47 Å². The van der Waals surface area contributed by atoms with Crippen LogP contribution < -0.4 is 4.74 Å². The van der Waals surface area contributed by atoms with Gasteiger partial charge in [0.05, 0.1) is 12.7 Å². The number of methoxy groups -OCH3 is 1. The van der Waals surface area contributed by atoms with Crippen LogP contribution in [0.25, 0.3) is 10.8 Å². The van der Waals surface area contributed by atoms with Crippen molar-refractivity contribution in [2.24, 2.45) is 0 Å². The molecule has 0 aliphatic heterocycles. The van der Waals surface area contributed by atoms with Gasteiger partial charge in [0.1, 0.15) is 17.2 Å². The Hall–Kier alpha value is -2.10. The molecule has 0 fully saturated rings. The van der Waals surface area contributed by atoms with E-state index in [0.29, 0.717) is 16.7 Å². The predicted octanol–water partition coefficient (Wildman–Crippen LogP) is 3.94. The van der Waals surface area contributed by atoms with Crippen molar-refractivity contribution in [2.45, 2.75) is 26.4 Å². The first kappa shape index (κ1) is 14.3. The van der Waals surface area contributed by atoms with Crippen LogP contribution in [0.4, 0.5) is 4.39 Å². The van der Waals surface area contributed by atoms with Gasteiger partial charge in [-0.05, 0) is 56.5 Å². The van der Waals surface area contributed by atoms with E-state index in [1.165, 1.54) is 19.2 Å². The number of ether oxygens (including phenoxy) is 2. The van der Waals surface area contributed by atoms with Crippen molar-refractivity contribution in [1.82, 2.24) is 0 Å². The lowest BCUT2D eigenvalue weighted by atomic mass is 10.0. The lowest BCUT2D eigenvalue weighted by Gasteiger charge is -2.23. The molecule has 4 heteroatoms. The van der Waals surface area contributed by atoms with Gasteiger partial charge in [0.15, 0.2) is 0 Å². The molecule has 0 heterocycles. The summed E-state index contributed by atoms with van der Waals surface area (Å²) >= 11 is 0. The third kappa shape index (κ3) is 3.07. The Kier molecular flexibility index (Phi) is 3.66. The SMILES string of the molecule is COC(=O)c1cc(OC(C)(C)C)c2ccc(F)cc2c1. The van der Waals surface area contributed by atoms with Crippen LogP contribution >= 0.6 is 0 Å². The molecule has 3 nitrogen and oxygen atoms in total. The van der Waals surface area contributed by atoms with E-state index in [1.54, 1.807) is 18.2 Å². The summed E-state index contributed by atoms with van der Waals surface area (Å²) in [6.45, 7) is 5.73. The number of carbonyl (C=O) groups is 1. The molecule has 0 N–H and O–H groups in total. The summed E-state index contributed by atoms with van der Waals surface area (Å²) in [5, 5.41) is 1.36. The van der Waals surface area contributed by atoms with Gasteiger partial charge in [-0.1, -0.05) is 0 Å². The number of esters is 1. The fraction of sp³-hybridized carbons (Fsp3) is 0.312. The van der Waals surface area contributed by atoms with E-state index in [9.17, 15) is 9.18 Å². The van der Waals surface area contributed by atoms with E-state index in [4.69, 9.17) is 9.47 Å². The Balaban J connectivity index is 2.66. The second-order valence-electron chi connectivity index (χ2n) is 5.55. The second-order valence-corrected chi connectivity index (χ2v) is 5.55. The standard InChI is InChI=1S/C16H17FO3/c1-16(2,3)20-14-9-11(15(18)19-4)7-10-8-12(17)5-6-13(10)14/h5-9H,1-4H3. The Morgan fingerprint density at radius 3 is 2.45 bits per heavy atom. The Bertz CT molecular complexity index is 657. The van der Waals surface area contributed by atoms with Crippen molar-refractivity contribution in [2.75, 3.05) is 7.11 Å². The first-order valence-electron chi connectivity index (χ1n) is 6.31. The molecule has 0 amide bonds.